The summed E-state index contributed by atoms with van der Waals surface area (Å²) in [7, 11) is -4.19. The van der Waals surface area contributed by atoms with E-state index in [0.717, 1.165) is 16.3 Å². The minimum Gasteiger partial charge on any atom is -0.457 e. The molecule has 1 N–H and O–H groups in total. The van der Waals surface area contributed by atoms with Crippen LogP contribution in [0.1, 0.15) is 31.4 Å². The SMILES string of the molecule is CCCNC(=O)[C@H](C)N(Cc1cccc(Cl)c1)C(=O)CN(c1ccc(Oc2ccccc2)cc1)S(=O)(=O)c1ccc(C)cc1. The number of para-hydroxylation sites is 1. The number of rotatable bonds is 13. The second-order valence-electron chi connectivity index (χ2n) is 10.4. The van der Waals surface area contributed by atoms with Gasteiger partial charge in [0.25, 0.3) is 10.0 Å². The van der Waals surface area contributed by atoms with Crippen LogP contribution in [-0.2, 0) is 26.2 Å². The first-order valence-electron chi connectivity index (χ1n) is 14.3. The number of aryl methyl sites for hydroxylation is 1. The zero-order valence-corrected chi connectivity index (χ0v) is 26.5. The highest BCUT2D eigenvalue weighted by Gasteiger charge is 2.32. The smallest absolute Gasteiger partial charge is 0.264 e. The van der Waals surface area contributed by atoms with Gasteiger partial charge in [0.15, 0.2) is 0 Å². The van der Waals surface area contributed by atoms with Gasteiger partial charge in [-0.15, -0.1) is 0 Å². The van der Waals surface area contributed by atoms with Crippen molar-refractivity contribution in [1.82, 2.24) is 10.2 Å². The predicted octanol–water partition coefficient (Wildman–Crippen LogP) is 6.58. The Balaban J connectivity index is 1.70. The van der Waals surface area contributed by atoms with Crippen LogP contribution in [-0.4, -0.2) is 44.3 Å². The minimum absolute atomic E-state index is 0.0376. The highest BCUT2D eigenvalue weighted by molar-refractivity contribution is 7.92. The first kappa shape index (κ1) is 32.6. The molecule has 0 aromatic heterocycles. The molecule has 0 aliphatic heterocycles. The lowest BCUT2D eigenvalue weighted by atomic mass is 10.1. The zero-order chi connectivity index (χ0) is 31.7. The van der Waals surface area contributed by atoms with Crippen LogP contribution in [0.2, 0.25) is 5.02 Å². The summed E-state index contributed by atoms with van der Waals surface area (Å²) in [6, 6.07) is 28.2. The maximum absolute atomic E-state index is 14.1. The Morgan fingerprint density at radius 2 is 1.55 bits per heavy atom. The molecule has 0 saturated heterocycles. The van der Waals surface area contributed by atoms with Gasteiger partial charge < -0.3 is 15.0 Å². The number of amides is 2. The first-order valence-corrected chi connectivity index (χ1v) is 16.1. The third kappa shape index (κ3) is 8.39. The monoisotopic (exact) mass is 633 g/mol. The highest BCUT2D eigenvalue weighted by Crippen LogP contribution is 2.29. The lowest BCUT2D eigenvalue weighted by molar-refractivity contribution is -0.139. The van der Waals surface area contributed by atoms with Gasteiger partial charge >= 0.3 is 0 Å². The second kappa shape index (κ2) is 14.9. The van der Waals surface area contributed by atoms with Gasteiger partial charge in [-0.2, -0.15) is 0 Å². The van der Waals surface area contributed by atoms with E-state index in [2.05, 4.69) is 5.32 Å². The molecule has 0 spiro atoms. The van der Waals surface area contributed by atoms with Crippen LogP contribution in [0.5, 0.6) is 11.5 Å². The summed E-state index contributed by atoms with van der Waals surface area (Å²) in [5.74, 6) is 0.247. The van der Waals surface area contributed by atoms with Crippen molar-refractivity contribution in [3.8, 4) is 11.5 Å². The van der Waals surface area contributed by atoms with Crippen LogP contribution in [0.15, 0.2) is 108 Å². The third-order valence-corrected chi connectivity index (χ3v) is 8.97. The molecule has 10 heteroatoms. The number of hydrogen-bond acceptors (Lipinski definition) is 5. The predicted molar refractivity (Wildman–Crippen MR) is 173 cm³/mol. The van der Waals surface area contributed by atoms with E-state index in [1.165, 1.54) is 17.0 Å². The average Bonchev–Trinajstić information content (AvgIpc) is 3.02. The quantitative estimate of drug-likeness (QED) is 0.179. The van der Waals surface area contributed by atoms with E-state index >= 15 is 0 Å². The van der Waals surface area contributed by atoms with E-state index in [-0.39, 0.29) is 23.0 Å². The fourth-order valence-electron chi connectivity index (χ4n) is 4.48. The van der Waals surface area contributed by atoms with Gasteiger partial charge in [0.05, 0.1) is 10.6 Å². The van der Waals surface area contributed by atoms with Crippen molar-refractivity contribution in [2.45, 2.75) is 44.7 Å². The lowest BCUT2D eigenvalue weighted by Gasteiger charge is -2.32. The number of nitrogens with zero attached hydrogens (tertiary/aromatic N) is 2. The van der Waals surface area contributed by atoms with Crippen molar-refractivity contribution in [3.63, 3.8) is 0 Å². The van der Waals surface area contributed by atoms with E-state index in [0.29, 0.717) is 28.6 Å². The van der Waals surface area contributed by atoms with Gasteiger partial charge in [-0.1, -0.05) is 66.6 Å². The maximum Gasteiger partial charge on any atom is 0.264 e. The van der Waals surface area contributed by atoms with Crippen molar-refractivity contribution in [1.29, 1.82) is 0 Å². The first-order chi connectivity index (χ1) is 21.1. The number of carbonyl (C=O) groups is 2. The molecule has 4 aromatic rings. The zero-order valence-electron chi connectivity index (χ0n) is 24.9. The van der Waals surface area contributed by atoms with Crippen LogP contribution in [0.25, 0.3) is 0 Å². The van der Waals surface area contributed by atoms with Crippen molar-refractivity contribution >= 4 is 39.1 Å². The van der Waals surface area contributed by atoms with Crippen molar-refractivity contribution in [2.75, 3.05) is 17.4 Å². The summed E-state index contributed by atoms with van der Waals surface area (Å²) >= 11 is 6.20. The van der Waals surface area contributed by atoms with Gasteiger partial charge in [-0.05, 0) is 86.5 Å². The van der Waals surface area contributed by atoms with E-state index in [4.69, 9.17) is 16.3 Å². The molecule has 0 saturated carbocycles. The molecule has 4 aromatic carbocycles. The van der Waals surface area contributed by atoms with Crippen molar-refractivity contribution in [2.24, 2.45) is 0 Å². The molecule has 8 nitrogen and oxygen atoms in total. The van der Waals surface area contributed by atoms with E-state index in [1.807, 2.05) is 44.2 Å². The molecule has 0 fully saturated rings. The Morgan fingerprint density at radius 3 is 2.18 bits per heavy atom. The van der Waals surface area contributed by atoms with Gasteiger partial charge in [-0.3, -0.25) is 13.9 Å². The van der Waals surface area contributed by atoms with Crippen molar-refractivity contribution in [3.05, 3.63) is 119 Å². The summed E-state index contributed by atoms with van der Waals surface area (Å²) in [6.07, 6.45) is 0.729. The molecule has 4 rings (SSSR count). The van der Waals surface area contributed by atoms with Crippen LogP contribution >= 0.6 is 11.6 Å². The Bertz CT molecular complexity index is 1660. The van der Waals surface area contributed by atoms with Crippen molar-refractivity contribution < 1.29 is 22.7 Å². The summed E-state index contributed by atoms with van der Waals surface area (Å²) in [5.41, 5.74) is 1.87. The summed E-state index contributed by atoms with van der Waals surface area (Å²) in [4.78, 5) is 28.5. The number of anilines is 1. The molecule has 0 radical (unpaired) electrons. The fourth-order valence-corrected chi connectivity index (χ4v) is 6.11. The van der Waals surface area contributed by atoms with E-state index in [9.17, 15) is 18.0 Å². The van der Waals surface area contributed by atoms with Crippen LogP contribution in [0.3, 0.4) is 0 Å². The van der Waals surface area contributed by atoms with Crippen LogP contribution < -0.4 is 14.4 Å². The van der Waals surface area contributed by atoms with Gasteiger partial charge in [-0.25, -0.2) is 8.42 Å². The maximum atomic E-state index is 14.1. The Labute approximate surface area is 264 Å². The molecule has 230 valence electrons. The molecular formula is C34H36ClN3O5S. The molecule has 1 atom stereocenters. The van der Waals surface area contributed by atoms with Gasteiger partial charge in [0, 0.05) is 18.1 Å². The number of ether oxygens (including phenoxy) is 1. The number of carbonyl (C=O) groups excluding carboxylic acids is 2. The molecule has 0 heterocycles. The number of hydrogen-bond donors (Lipinski definition) is 1. The Kier molecular flexibility index (Phi) is 11.0. The summed E-state index contributed by atoms with van der Waals surface area (Å²) < 4.78 is 35.1. The van der Waals surface area contributed by atoms with Crippen LogP contribution in [0, 0.1) is 6.92 Å². The molecular weight excluding hydrogens is 598 g/mol. The second-order valence-corrected chi connectivity index (χ2v) is 12.7. The number of sulfonamides is 1. The van der Waals surface area contributed by atoms with E-state index in [1.54, 1.807) is 67.6 Å². The van der Waals surface area contributed by atoms with Gasteiger partial charge in [0.2, 0.25) is 11.8 Å². The normalized spacial score (nSPS) is 11.8. The van der Waals surface area contributed by atoms with E-state index < -0.39 is 28.5 Å². The Hall–Kier alpha value is -4.34. The summed E-state index contributed by atoms with van der Waals surface area (Å²) in [6.45, 7) is 5.39. The average molecular weight is 634 g/mol. The molecule has 0 bridgehead atoms. The van der Waals surface area contributed by atoms with Gasteiger partial charge in [0.1, 0.15) is 24.1 Å². The minimum atomic E-state index is -4.19. The highest BCUT2D eigenvalue weighted by atomic mass is 35.5. The lowest BCUT2D eigenvalue weighted by Crippen LogP contribution is -2.51. The fraction of sp³-hybridized carbons (Fsp3) is 0.235. The number of halogens is 1. The molecule has 0 unspecified atom stereocenters. The summed E-state index contributed by atoms with van der Waals surface area (Å²) in [5, 5.41) is 3.32. The standard InChI is InChI=1S/C34H36ClN3O5S/c1-4-21-36-34(40)26(3)37(23-27-9-8-10-28(35)22-27)33(39)24-38(44(41,42)32-19-13-25(2)14-20-32)29-15-17-31(18-16-29)43-30-11-6-5-7-12-30/h5-20,22,26H,4,21,23-24H2,1-3H3,(H,36,40)/t26-/m0/s1. The largest absolute Gasteiger partial charge is 0.457 e. The molecule has 44 heavy (non-hydrogen) atoms. The molecule has 0 aliphatic rings. The number of nitrogens with one attached hydrogen (secondary N) is 1. The van der Waals surface area contributed by atoms with Crippen LogP contribution in [0.4, 0.5) is 5.69 Å². The number of benzene rings is 4. The molecule has 2 amide bonds. The molecule has 0 aliphatic carbocycles. The third-order valence-electron chi connectivity index (χ3n) is 6.95. The Morgan fingerprint density at radius 1 is 0.886 bits per heavy atom. The topological polar surface area (TPSA) is 96.0 Å².